The number of rotatable bonds is 4. The molecule has 1 amide bonds. The minimum Gasteiger partial charge on any atom is -0.484 e. The Morgan fingerprint density at radius 2 is 1.95 bits per heavy atom. The minimum absolute atomic E-state index is 0.0426. The lowest BCUT2D eigenvalue weighted by atomic mass is 10.3. The maximum absolute atomic E-state index is 11.7. The van der Waals surface area contributed by atoms with E-state index in [-0.39, 0.29) is 12.5 Å². The van der Waals surface area contributed by atoms with Crippen LogP contribution in [0, 0.1) is 0 Å². The molecular formula is C14H11BrClNO2. The van der Waals surface area contributed by atoms with Gasteiger partial charge in [0.15, 0.2) is 6.61 Å². The highest BCUT2D eigenvalue weighted by molar-refractivity contribution is 9.10. The van der Waals surface area contributed by atoms with Crippen LogP contribution >= 0.6 is 27.5 Å². The molecule has 0 aliphatic heterocycles. The Hall–Kier alpha value is -1.52. The fraction of sp³-hybridized carbons (Fsp3) is 0.0714. The summed E-state index contributed by atoms with van der Waals surface area (Å²) < 4.78 is 6.08. The molecule has 0 saturated carbocycles. The Bertz CT molecular complexity index is 575. The van der Waals surface area contributed by atoms with Crippen LogP contribution in [0.25, 0.3) is 0 Å². The van der Waals surface area contributed by atoms with Crippen molar-refractivity contribution in [2.75, 3.05) is 11.9 Å². The number of amides is 1. The number of benzene rings is 2. The number of hydrogen-bond donors (Lipinski definition) is 1. The zero-order chi connectivity index (χ0) is 13.7. The van der Waals surface area contributed by atoms with Gasteiger partial charge < -0.3 is 10.1 Å². The number of nitrogens with one attached hydrogen (secondary N) is 1. The Morgan fingerprint density at radius 1 is 1.21 bits per heavy atom. The first-order valence-electron chi connectivity index (χ1n) is 5.58. The predicted octanol–water partition coefficient (Wildman–Crippen LogP) is 4.12. The van der Waals surface area contributed by atoms with Crippen LogP contribution in [-0.2, 0) is 4.79 Å². The van der Waals surface area contributed by atoms with E-state index in [1.807, 2.05) is 18.2 Å². The highest BCUT2D eigenvalue weighted by Gasteiger charge is 2.06. The van der Waals surface area contributed by atoms with Crippen molar-refractivity contribution < 1.29 is 9.53 Å². The third kappa shape index (κ3) is 4.26. The van der Waals surface area contributed by atoms with E-state index < -0.39 is 0 Å². The molecule has 0 aromatic heterocycles. The van der Waals surface area contributed by atoms with Crippen LogP contribution in [0.5, 0.6) is 5.75 Å². The molecule has 2 aromatic rings. The molecule has 0 unspecified atom stereocenters. The smallest absolute Gasteiger partial charge is 0.262 e. The van der Waals surface area contributed by atoms with E-state index in [0.717, 1.165) is 4.47 Å². The van der Waals surface area contributed by atoms with Gasteiger partial charge in [-0.25, -0.2) is 0 Å². The summed E-state index contributed by atoms with van der Waals surface area (Å²) in [4.78, 5) is 11.7. The molecule has 98 valence electrons. The van der Waals surface area contributed by atoms with E-state index in [1.165, 1.54) is 0 Å². The third-order valence-electron chi connectivity index (χ3n) is 2.32. The highest BCUT2D eigenvalue weighted by Crippen LogP contribution is 2.25. The van der Waals surface area contributed by atoms with Gasteiger partial charge in [-0.2, -0.15) is 0 Å². The van der Waals surface area contributed by atoms with Gasteiger partial charge in [-0.05, 0) is 46.3 Å². The average Bonchev–Trinajstić information content (AvgIpc) is 2.41. The van der Waals surface area contributed by atoms with E-state index in [1.54, 1.807) is 30.3 Å². The van der Waals surface area contributed by atoms with Crippen molar-refractivity contribution in [1.82, 2.24) is 0 Å². The molecule has 0 aliphatic rings. The zero-order valence-corrected chi connectivity index (χ0v) is 12.2. The van der Waals surface area contributed by atoms with Crippen LogP contribution in [0.1, 0.15) is 0 Å². The Balaban J connectivity index is 1.91. The number of anilines is 1. The van der Waals surface area contributed by atoms with Crippen LogP contribution in [0.2, 0.25) is 5.02 Å². The van der Waals surface area contributed by atoms with Gasteiger partial charge in [-0.3, -0.25) is 4.79 Å². The van der Waals surface area contributed by atoms with Gasteiger partial charge in [-0.15, -0.1) is 0 Å². The number of carbonyl (C=O) groups excluding carboxylic acids is 1. The van der Waals surface area contributed by atoms with E-state index in [0.29, 0.717) is 16.5 Å². The molecule has 0 heterocycles. The number of carbonyl (C=O) groups is 1. The van der Waals surface area contributed by atoms with Gasteiger partial charge in [0.2, 0.25) is 0 Å². The van der Waals surface area contributed by atoms with Gasteiger partial charge in [-0.1, -0.05) is 29.8 Å². The summed E-state index contributed by atoms with van der Waals surface area (Å²) in [5, 5.41) is 3.34. The first-order valence-corrected chi connectivity index (χ1v) is 6.75. The maximum atomic E-state index is 11.7. The maximum Gasteiger partial charge on any atom is 0.262 e. The summed E-state index contributed by atoms with van der Waals surface area (Å²) in [7, 11) is 0. The largest absolute Gasteiger partial charge is 0.484 e. The van der Waals surface area contributed by atoms with Crippen molar-refractivity contribution in [3.63, 3.8) is 0 Å². The second kappa shape index (κ2) is 6.59. The SMILES string of the molecule is O=C(COc1ccccc1)Nc1ccc(Cl)cc1Br. The predicted molar refractivity (Wildman–Crippen MR) is 79.7 cm³/mol. The molecular weight excluding hydrogens is 330 g/mol. The number of hydrogen-bond acceptors (Lipinski definition) is 2. The zero-order valence-electron chi connectivity index (χ0n) is 9.90. The van der Waals surface area contributed by atoms with Gasteiger partial charge in [0.05, 0.1) is 5.69 Å². The molecule has 0 radical (unpaired) electrons. The van der Waals surface area contributed by atoms with Crippen molar-refractivity contribution in [3.05, 3.63) is 58.0 Å². The average molecular weight is 341 g/mol. The normalized spacial score (nSPS) is 10.0. The Kier molecular flexibility index (Phi) is 4.82. The Labute approximate surface area is 124 Å². The molecule has 0 bridgehead atoms. The van der Waals surface area contributed by atoms with Crippen LogP contribution in [-0.4, -0.2) is 12.5 Å². The molecule has 0 fully saturated rings. The van der Waals surface area contributed by atoms with Crippen molar-refractivity contribution in [2.45, 2.75) is 0 Å². The molecule has 1 N–H and O–H groups in total. The monoisotopic (exact) mass is 339 g/mol. The van der Waals surface area contributed by atoms with Gasteiger partial charge >= 0.3 is 0 Å². The molecule has 5 heteroatoms. The van der Waals surface area contributed by atoms with Gasteiger partial charge in [0.25, 0.3) is 5.91 Å². The summed E-state index contributed by atoms with van der Waals surface area (Å²) in [5.74, 6) is 0.430. The van der Waals surface area contributed by atoms with Gasteiger partial charge in [0.1, 0.15) is 5.75 Å². The molecule has 19 heavy (non-hydrogen) atoms. The molecule has 0 spiro atoms. The summed E-state index contributed by atoms with van der Waals surface area (Å²) in [6.45, 7) is -0.0426. The Morgan fingerprint density at radius 3 is 2.63 bits per heavy atom. The van der Waals surface area contributed by atoms with E-state index in [4.69, 9.17) is 16.3 Å². The van der Waals surface area contributed by atoms with E-state index >= 15 is 0 Å². The summed E-state index contributed by atoms with van der Waals surface area (Å²) in [5.41, 5.74) is 0.658. The molecule has 0 atom stereocenters. The van der Waals surface area contributed by atoms with Crippen LogP contribution in [0.3, 0.4) is 0 Å². The number of para-hydroxylation sites is 1. The topological polar surface area (TPSA) is 38.3 Å². The summed E-state index contributed by atoms with van der Waals surface area (Å²) in [6, 6.07) is 14.3. The summed E-state index contributed by atoms with van der Waals surface area (Å²) in [6.07, 6.45) is 0. The lowest BCUT2D eigenvalue weighted by Gasteiger charge is -2.09. The first kappa shape index (κ1) is 13.9. The summed E-state index contributed by atoms with van der Waals surface area (Å²) >= 11 is 9.16. The lowest BCUT2D eigenvalue weighted by Crippen LogP contribution is -2.20. The second-order valence-corrected chi connectivity index (χ2v) is 5.06. The van der Waals surface area contributed by atoms with Crippen LogP contribution in [0.15, 0.2) is 53.0 Å². The van der Waals surface area contributed by atoms with Crippen molar-refractivity contribution in [2.24, 2.45) is 0 Å². The van der Waals surface area contributed by atoms with Gasteiger partial charge in [0, 0.05) is 9.50 Å². The molecule has 2 aromatic carbocycles. The second-order valence-electron chi connectivity index (χ2n) is 3.77. The van der Waals surface area contributed by atoms with E-state index in [2.05, 4.69) is 21.2 Å². The fourth-order valence-electron chi connectivity index (χ4n) is 1.44. The lowest BCUT2D eigenvalue weighted by molar-refractivity contribution is -0.118. The minimum atomic E-state index is -0.230. The molecule has 2 rings (SSSR count). The molecule has 3 nitrogen and oxygen atoms in total. The number of ether oxygens (including phenoxy) is 1. The highest BCUT2D eigenvalue weighted by atomic mass is 79.9. The molecule has 0 aliphatic carbocycles. The van der Waals surface area contributed by atoms with Crippen LogP contribution < -0.4 is 10.1 Å². The fourth-order valence-corrected chi connectivity index (χ4v) is 2.22. The number of halogens is 2. The van der Waals surface area contributed by atoms with Crippen molar-refractivity contribution in [1.29, 1.82) is 0 Å². The van der Waals surface area contributed by atoms with E-state index in [9.17, 15) is 4.79 Å². The first-order chi connectivity index (χ1) is 9.15. The third-order valence-corrected chi connectivity index (χ3v) is 3.21. The quantitative estimate of drug-likeness (QED) is 0.909. The van der Waals surface area contributed by atoms with Crippen molar-refractivity contribution >= 4 is 39.1 Å². The molecule has 0 saturated heterocycles. The van der Waals surface area contributed by atoms with Crippen molar-refractivity contribution in [3.8, 4) is 5.75 Å². The van der Waals surface area contributed by atoms with Crippen LogP contribution in [0.4, 0.5) is 5.69 Å². The standard InChI is InChI=1S/C14H11BrClNO2/c15-12-8-10(16)6-7-13(12)17-14(18)9-19-11-4-2-1-3-5-11/h1-8H,9H2,(H,17,18).